The van der Waals surface area contributed by atoms with Crippen molar-refractivity contribution in [1.82, 2.24) is 14.7 Å². The molecule has 0 radical (unpaired) electrons. The summed E-state index contributed by atoms with van der Waals surface area (Å²) >= 11 is 0. The van der Waals surface area contributed by atoms with E-state index in [-0.39, 0.29) is 17.0 Å². The Morgan fingerprint density at radius 2 is 1.67 bits per heavy atom. The topological polar surface area (TPSA) is 43.9 Å². The molecule has 0 saturated carbocycles. The Kier molecular flexibility index (Phi) is 4.07. The van der Waals surface area contributed by atoms with E-state index in [1.807, 2.05) is 31.2 Å². The molecule has 27 heavy (non-hydrogen) atoms. The largest absolute Gasteiger partial charge is 0.453 e. The number of alkyl halides is 3. The van der Waals surface area contributed by atoms with Gasteiger partial charge in [0.05, 0.1) is 17.6 Å². The molecule has 7 heteroatoms. The minimum absolute atomic E-state index is 0.108. The van der Waals surface area contributed by atoms with Gasteiger partial charge in [0.15, 0.2) is 0 Å². The first-order valence-electron chi connectivity index (χ1n) is 8.17. The normalized spacial score (nSPS) is 11.7. The van der Waals surface area contributed by atoms with Crippen LogP contribution >= 0.6 is 0 Å². The summed E-state index contributed by atoms with van der Waals surface area (Å²) in [6.07, 6.45) is -1.66. The van der Waals surface area contributed by atoms with Crippen molar-refractivity contribution in [2.45, 2.75) is 13.1 Å². The lowest BCUT2D eigenvalue weighted by molar-refractivity contribution is -0.154. The van der Waals surface area contributed by atoms with Crippen LogP contribution in [0.25, 0.3) is 28.2 Å². The van der Waals surface area contributed by atoms with E-state index in [4.69, 9.17) is 0 Å². The molecule has 0 unspecified atom stereocenters. The van der Waals surface area contributed by atoms with Crippen LogP contribution in [-0.2, 0) is 6.18 Å². The van der Waals surface area contributed by atoms with Gasteiger partial charge in [-0.25, -0.2) is 4.98 Å². The molecule has 0 N–H and O–H groups in total. The van der Waals surface area contributed by atoms with Crippen molar-refractivity contribution in [2.24, 2.45) is 0 Å². The van der Waals surface area contributed by atoms with E-state index in [2.05, 4.69) is 14.7 Å². The monoisotopic (exact) mass is 369 g/mol. The molecular formula is C20H14F3N3O. The fraction of sp³-hybridized carbons (Fsp3) is 0.100. The van der Waals surface area contributed by atoms with Gasteiger partial charge in [-0.2, -0.15) is 13.2 Å². The molecule has 4 rings (SSSR count). The molecule has 2 aromatic heterocycles. The van der Waals surface area contributed by atoms with Crippen molar-refractivity contribution in [3.05, 3.63) is 78.4 Å². The van der Waals surface area contributed by atoms with E-state index in [0.29, 0.717) is 5.56 Å². The summed E-state index contributed by atoms with van der Waals surface area (Å²) in [5.41, 5.74) is 2.49. The highest BCUT2D eigenvalue weighted by molar-refractivity contribution is 5.80. The van der Waals surface area contributed by atoms with Crippen molar-refractivity contribution >= 4 is 0 Å². The molecular weight excluding hydrogens is 355 g/mol. The van der Waals surface area contributed by atoms with Crippen molar-refractivity contribution in [3.8, 4) is 28.2 Å². The number of halogens is 3. The van der Waals surface area contributed by atoms with Crippen LogP contribution in [0, 0.1) is 6.92 Å². The second-order valence-corrected chi connectivity index (χ2v) is 6.10. The average molecular weight is 369 g/mol. The summed E-state index contributed by atoms with van der Waals surface area (Å²) in [6, 6.07) is 16.2. The van der Waals surface area contributed by atoms with Gasteiger partial charge >= 0.3 is 6.18 Å². The van der Waals surface area contributed by atoms with Crippen LogP contribution < -0.4 is 0 Å². The van der Waals surface area contributed by atoms with Crippen LogP contribution in [0.2, 0.25) is 0 Å². The number of hydrogen-bond donors (Lipinski definition) is 0. The predicted molar refractivity (Wildman–Crippen MR) is 94.2 cm³/mol. The molecule has 0 atom stereocenters. The minimum atomic E-state index is -4.68. The lowest BCUT2D eigenvalue weighted by Gasteiger charge is -2.05. The van der Waals surface area contributed by atoms with Gasteiger partial charge in [-0.15, -0.1) is 0 Å². The summed E-state index contributed by atoms with van der Waals surface area (Å²) in [5, 5.41) is 3.68. The molecule has 0 aliphatic carbocycles. The molecule has 0 saturated heterocycles. The van der Waals surface area contributed by atoms with Crippen molar-refractivity contribution < 1.29 is 17.7 Å². The Hall–Kier alpha value is -3.35. The summed E-state index contributed by atoms with van der Waals surface area (Å²) in [5.74, 6) is -1.16. The Bertz CT molecular complexity index is 1060. The lowest BCUT2D eigenvalue weighted by Crippen LogP contribution is -2.05. The summed E-state index contributed by atoms with van der Waals surface area (Å²) in [4.78, 5) is 4.18. The number of hydrogen-bond acceptors (Lipinski definition) is 3. The maximum Gasteiger partial charge on any atom is 0.453 e. The second kappa shape index (κ2) is 6.42. The molecule has 0 aliphatic rings. The third-order valence-corrected chi connectivity index (χ3v) is 4.17. The van der Waals surface area contributed by atoms with Crippen LogP contribution in [0.15, 0.2) is 71.6 Å². The first kappa shape index (κ1) is 17.1. The van der Waals surface area contributed by atoms with Gasteiger partial charge in [-0.3, -0.25) is 0 Å². The number of nitrogens with zero attached hydrogens (tertiary/aromatic N) is 3. The van der Waals surface area contributed by atoms with E-state index in [0.717, 1.165) is 11.3 Å². The quantitative estimate of drug-likeness (QED) is 0.477. The highest BCUT2D eigenvalue weighted by Crippen LogP contribution is 2.42. The number of aryl methyl sites for hydroxylation is 1. The zero-order valence-corrected chi connectivity index (χ0v) is 14.2. The van der Waals surface area contributed by atoms with E-state index < -0.39 is 11.9 Å². The molecule has 0 aliphatic heterocycles. The summed E-state index contributed by atoms with van der Waals surface area (Å²) in [7, 11) is 0. The van der Waals surface area contributed by atoms with Crippen LogP contribution in [0.3, 0.4) is 0 Å². The molecule has 2 heterocycles. The van der Waals surface area contributed by atoms with E-state index >= 15 is 0 Å². The van der Waals surface area contributed by atoms with Gasteiger partial charge in [-0.1, -0.05) is 53.2 Å². The molecule has 0 bridgehead atoms. The average Bonchev–Trinajstić information content (AvgIpc) is 3.29. The van der Waals surface area contributed by atoms with E-state index in [9.17, 15) is 13.2 Å². The zero-order valence-electron chi connectivity index (χ0n) is 14.2. The Morgan fingerprint density at radius 3 is 2.33 bits per heavy atom. The van der Waals surface area contributed by atoms with E-state index in [1.54, 1.807) is 41.1 Å². The standard InChI is InChI=1S/C20H14F3N3O/c1-13-7-9-15(10-8-13)26-11-16(24-12-26)17-18(14-5-3-2-4-6-14)25-27-19(17)20(21,22)23/h2-12H,1H3. The van der Waals surface area contributed by atoms with Crippen LogP contribution in [-0.4, -0.2) is 14.7 Å². The van der Waals surface area contributed by atoms with Gasteiger partial charge in [0.1, 0.15) is 5.69 Å². The molecule has 4 aromatic rings. The Morgan fingerprint density at radius 1 is 0.963 bits per heavy atom. The van der Waals surface area contributed by atoms with Gasteiger partial charge in [0, 0.05) is 17.4 Å². The molecule has 4 nitrogen and oxygen atoms in total. The minimum Gasteiger partial charge on any atom is -0.350 e. The molecule has 0 amide bonds. The third kappa shape index (κ3) is 3.23. The molecule has 0 spiro atoms. The SMILES string of the molecule is Cc1ccc(-n2cnc(-c3c(-c4ccccc4)noc3C(F)(F)F)c2)cc1. The Balaban J connectivity index is 1.86. The smallest absolute Gasteiger partial charge is 0.350 e. The molecule has 2 aromatic carbocycles. The van der Waals surface area contributed by atoms with Crippen molar-refractivity contribution in [3.63, 3.8) is 0 Å². The number of rotatable bonds is 3. The molecule has 136 valence electrons. The highest BCUT2D eigenvalue weighted by atomic mass is 19.4. The fourth-order valence-electron chi connectivity index (χ4n) is 2.82. The Labute approximate surface area is 152 Å². The number of imidazole rings is 1. The first-order valence-corrected chi connectivity index (χ1v) is 8.17. The summed E-state index contributed by atoms with van der Waals surface area (Å²) < 4.78 is 46.7. The van der Waals surface area contributed by atoms with Gasteiger partial charge in [0.2, 0.25) is 5.76 Å². The van der Waals surface area contributed by atoms with Crippen LogP contribution in [0.5, 0.6) is 0 Å². The fourth-order valence-corrected chi connectivity index (χ4v) is 2.82. The van der Waals surface area contributed by atoms with E-state index in [1.165, 1.54) is 6.33 Å². The third-order valence-electron chi connectivity index (χ3n) is 4.17. The van der Waals surface area contributed by atoms with Crippen LogP contribution in [0.4, 0.5) is 13.2 Å². The predicted octanol–water partition coefficient (Wildman–Crippen LogP) is 5.52. The second-order valence-electron chi connectivity index (χ2n) is 6.10. The van der Waals surface area contributed by atoms with Gasteiger partial charge in [0.25, 0.3) is 0 Å². The number of aromatic nitrogens is 3. The van der Waals surface area contributed by atoms with Gasteiger partial charge < -0.3 is 9.09 Å². The molecule has 0 fully saturated rings. The maximum absolute atomic E-state index is 13.5. The lowest BCUT2D eigenvalue weighted by atomic mass is 10.0. The zero-order chi connectivity index (χ0) is 19.0. The van der Waals surface area contributed by atoms with Crippen molar-refractivity contribution in [2.75, 3.05) is 0 Å². The highest BCUT2D eigenvalue weighted by Gasteiger charge is 2.41. The summed E-state index contributed by atoms with van der Waals surface area (Å²) in [6.45, 7) is 1.96. The van der Waals surface area contributed by atoms with Gasteiger partial charge in [-0.05, 0) is 19.1 Å². The maximum atomic E-state index is 13.5. The number of benzene rings is 2. The first-order chi connectivity index (χ1) is 12.9. The van der Waals surface area contributed by atoms with Crippen molar-refractivity contribution in [1.29, 1.82) is 0 Å². The van der Waals surface area contributed by atoms with Crippen LogP contribution in [0.1, 0.15) is 11.3 Å².